The van der Waals surface area contributed by atoms with E-state index < -0.39 is 0 Å². The smallest absolute Gasteiger partial charge is 0.131 e. The van der Waals surface area contributed by atoms with E-state index in [2.05, 4.69) is 19.3 Å². The molecule has 1 heterocycles. The SMILES string of the molecule is CCCCCCCCO[C@H]1CC[C@H](c2cnc(C3CCCCC3)nc2)CC1. The Morgan fingerprint density at radius 3 is 2.15 bits per heavy atom. The van der Waals surface area contributed by atoms with E-state index in [9.17, 15) is 0 Å². The Labute approximate surface area is 166 Å². The molecule has 2 aliphatic carbocycles. The lowest BCUT2D eigenvalue weighted by molar-refractivity contribution is 0.0225. The second-order valence-corrected chi connectivity index (χ2v) is 8.82. The van der Waals surface area contributed by atoms with Crippen LogP contribution >= 0.6 is 0 Å². The summed E-state index contributed by atoms with van der Waals surface area (Å²) < 4.78 is 6.14. The zero-order chi connectivity index (χ0) is 18.7. The molecular formula is C24H40N2O. The molecule has 152 valence electrons. The number of hydrogen-bond acceptors (Lipinski definition) is 3. The topological polar surface area (TPSA) is 35.0 Å². The molecule has 0 aliphatic heterocycles. The normalized spacial score (nSPS) is 24.2. The maximum atomic E-state index is 6.14. The van der Waals surface area contributed by atoms with Crippen LogP contribution < -0.4 is 0 Å². The van der Waals surface area contributed by atoms with Crippen LogP contribution in [0.15, 0.2) is 12.4 Å². The number of aromatic nitrogens is 2. The van der Waals surface area contributed by atoms with Gasteiger partial charge < -0.3 is 4.74 Å². The molecule has 1 aromatic rings. The van der Waals surface area contributed by atoms with Gasteiger partial charge >= 0.3 is 0 Å². The monoisotopic (exact) mass is 372 g/mol. The number of hydrogen-bond donors (Lipinski definition) is 0. The first-order valence-corrected chi connectivity index (χ1v) is 11.8. The number of rotatable bonds is 10. The molecular weight excluding hydrogens is 332 g/mol. The Balaban J connectivity index is 1.33. The van der Waals surface area contributed by atoms with Crippen molar-refractivity contribution in [3.8, 4) is 0 Å². The highest BCUT2D eigenvalue weighted by atomic mass is 16.5. The summed E-state index contributed by atoms with van der Waals surface area (Å²) in [6.45, 7) is 3.23. The summed E-state index contributed by atoms with van der Waals surface area (Å²) in [5.41, 5.74) is 1.35. The first-order valence-electron chi connectivity index (χ1n) is 11.8. The summed E-state index contributed by atoms with van der Waals surface area (Å²) in [4.78, 5) is 9.49. The molecule has 0 atom stereocenters. The van der Waals surface area contributed by atoms with Gasteiger partial charge in [-0.25, -0.2) is 9.97 Å². The fourth-order valence-electron chi connectivity index (χ4n) is 4.83. The van der Waals surface area contributed by atoms with Gasteiger partial charge in [-0.05, 0) is 56.4 Å². The number of ether oxygens (including phenoxy) is 1. The average molecular weight is 373 g/mol. The van der Waals surface area contributed by atoms with E-state index in [-0.39, 0.29) is 0 Å². The van der Waals surface area contributed by atoms with E-state index in [1.807, 2.05) is 0 Å². The van der Waals surface area contributed by atoms with Gasteiger partial charge in [-0.2, -0.15) is 0 Å². The van der Waals surface area contributed by atoms with Crippen molar-refractivity contribution in [3.63, 3.8) is 0 Å². The summed E-state index contributed by atoms with van der Waals surface area (Å²) in [7, 11) is 0. The van der Waals surface area contributed by atoms with E-state index in [0.717, 1.165) is 12.4 Å². The van der Waals surface area contributed by atoms with Crippen molar-refractivity contribution in [2.24, 2.45) is 0 Å². The summed E-state index contributed by atoms with van der Waals surface area (Å²) in [6.07, 6.45) is 24.3. The molecule has 0 bridgehead atoms. The fraction of sp³-hybridized carbons (Fsp3) is 0.833. The van der Waals surface area contributed by atoms with E-state index in [1.165, 1.54) is 102 Å². The van der Waals surface area contributed by atoms with E-state index in [4.69, 9.17) is 14.7 Å². The van der Waals surface area contributed by atoms with Gasteiger partial charge in [0.05, 0.1) is 6.10 Å². The van der Waals surface area contributed by atoms with Crippen molar-refractivity contribution in [2.75, 3.05) is 6.61 Å². The van der Waals surface area contributed by atoms with Gasteiger partial charge in [-0.3, -0.25) is 0 Å². The van der Waals surface area contributed by atoms with E-state index >= 15 is 0 Å². The molecule has 0 spiro atoms. The van der Waals surface area contributed by atoms with Crippen LogP contribution in [0.25, 0.3) is 0 Å². The van der Waals surface area contributed by atoms with Crippen LogP contribution in [-0.2, 0) is 4.74 Å². The van der Waals surface area contributed by atoms with Crippen LogP contribution in [0.5, 0.6) is 0 Å². The minimum atomic E-state index is 0.485. The first-order chi connectivity index (χ1) is 13.4. The van der Waals surface area contributed by atoms with Gasteiger partial charge in [0.25, 0.3) is 0 Å². The fourth-order valence-corrected chi connectivity index (χ4v) is 4.83. The summed E-state index contributed by atoms with van der Waals surface area (Å²) >= 11 is 0. The molecule has 0 saturated heterocycles. The molecule has 27 heavy (non-hydrogen) atoms. The van der Waals surface area contributed by atoms with E-state index in [1.54, 1.807) is 0 Å². The Morgan fingerprint density at radius 2 is 1.44 bits per heavy atom. The molecule has 3 rings (SSSR count). The van der Waals surface area contributed by atoms with Crippen LogP contribution in [0, 0.1) is 0 Å². The highest BCUT2D eigenvalue weighted by Crippen LogP contribution is 2.35. The zero-order valence-electron chi connectivity index (χ0n) is 17.5. The van der Waals surface area contributed by atoms with Crippen molar-refractivity contribution in [2.45, 2.75) is 121 Å². The van der Waals surface area contributed by atoms with Crippen LogP contribution in [-0.4, -0.2) is 22.7 Å². The van der Waals surface area contributed by atoms with Crippen LogP contribution in [0.3, 0.4) is 0 Å². The van der Waals surface area contributed by atoms with Gasteiger partial charge in [-0.1, -0.05) is 58.3 Å². The van der Waals surface area contributed by atoms with Crippen LogP contribution in [0.4, 0.5) is 0 Å². The molecule has 0 amide bonds. The zero-order valence-corrected chi connectivity index (χ0v) is 17.5. The minimum Gasteiger partial charge on any atom is -0.378 e. The second kappa shape index (κ2) is 11.8. The molecule has 0 radical (unpaired) electrons. The highest BCUT2D eigenvalue weighted by Gasteiger charge is 2.24. The van der Waals surface area contributed by atoms with Crippen molar-refractivity contribution in [3.05, 3.63) is 23.8 Å². The quantitative estimate of drug-likeness (QED) is 0.418. The molecule has 3 nitrogen and oxygen atoms in total. The van der Waals surface area contributed by atoms with Crippen LogP contribution in [0.2, 0.25) is 0 Å². The molecule has 2 saturated carbocycles. The van der Waals surface area contributed by atoms with Gasteiger partial charge in [0.1, 0.15) is 5.82 Å². The Morgan fingerprint density at radius 1 is 0.778 bits per heavy atom. The minimum absolute atomic E-state index is 0.485. The standard InChI is InChI=1S/C24H40N2O/c1-2-3-4-5-6-10-17-27-23-15-13-20(14-16-23)22-18-25-24(26-19-22)21-11-8-7-9-12-21/h18-21,23H,2-17H2,1H3/t20-,23-. The lowest BCUT2D eigenvalue weighted by Crippen LogP contribution is -2.21. The van der Waals surface area contributed by atoms with Crippen molar-refractivity contribution in [1.29, 1.82) is 0 Å². The molecule has 0 unspecified atom stereocenters. The number of unbranched alkanes of at least 4 members (excludes halogenated alkanes) is 5. The Bertz CT molecular complexity index is 502. The highest BCUT2D eigenvalue weighted by molar-refractivity contribution is 5.14. The lowest BCUT2D eigenvalue weighted by Gasteiger charge is -2.29. The van der Waals surface area contributed by atoms with Crippen LogP contribution in [0.1, 0.15) is 126 Å². The van der Waals surface area contributed by atoms with Crippen molar-refractivity contribution < 1.29 is 4.74 Å². The number of nitrogens with zero attached hydrogens (tertiary/aromatic N) is 2. The summed E-state index contributed by atoms with van der Waals surface area (Å²) in [5.74, 6) is 2.34. The molecule has 2 aliphatic rings. The van der Waals surface area contributed by atoms with Gasteiger partial charge in [-0.15, -0.1) is 0 Å². The molecule has 3 heteroatoms. The van der Waals surface area contributed by atoms with Gasteiger partial charge in [0, 0.05) is 24.9 Å². The first kappa shape index (κ1) is 20.8. The van der Waals surface area contributed by atoms with Gasteiger partial charge in [0.15, 0.2) is 0 Å². The maximum absolute atomic E-state index is 6.14. The third kappa shape index (κ3) is 6.85. The lowest BCUT2D eigenvalue weighted by atomic mass is 9.83. The largest absolute Gasteiger partial charge is 0.378 e. The molecule has 0 N–H and O–H groups in total. The molecule has 2 fully saturated rings. The van der Waals surface area contributed by atoms with E-state index in [0.29, 0.717) is 17.9 Å². The molecule has 1 aromatic heterocycles. The predicted octanol–water partition coefficient (Wildman–Crippen LogP) is 6.93. The van der Waals surface area contributed by atoms with Crippen molar-refractivity contribution in [1.82, 2.24) is 9.97 Å². The van der Waals surface area contributed by atoms with Gasteiger partial charge in [0.2, 0.25) is 0 Å². The summed E-state index contributed by atoms with van der Waals surface area (Å²) in [5, 5.41) is 0. The Hall–Kier alpha value is -0.960. The third-order valence-electron chi connectivity index (χ3n) is 6.66. The molecule has 0 aromatic carbocycles. The average Bonchev–Trinajstić information content (AvgIpc) is 2.74. The predicted molar refractivity (Wildman–Crippen MR) is 112 cm³/mol. The second-order valence-electron chi connectivity index (χ2n) is 8.82. The summed E-state index contributed by atoms with van der Waals surface area (Å²) in [6, 6.07) is 0. The maximum Gasteiger partial charge on any atom is 0.131 e. The Kier molecular flexibility index (Phi) is 9.06. The van der Waals surface area contributed by atoms with Crippen molar-refractivity contribution >= 4 is 0 Å². The third-order valence-corrected chi connectivity index (χ3v) is 6.66.